The number of aliphatic hydroxyl groups excluding tert-OH is 1. The molecule has 1 atom stereocenters. The van der Waals surface area contributed by atoms with Crippen LogP contribution in [0.5, 0.6) is 0 Å². The molecular formula is C20H25NO6. The smallest absolute Gasteiger partial charge is 0.306 e. The number of esters is 1. The van der Waals surface area contributed by atoms with E-state index in [0.717, 1.165) is 0 Å². The van der Waals surface area contributed by atoms with Crippen LogP contribution in [0.15, 0.2) is 35.6 Å². The average Bonchev–Trinajstić information content (AvgIpc) is 2.57. The third-order valence-corrected chi connectivity index (χ3v) is 4.59. The first kappa shape index (κ1) is 20.6. The van der Waals surface area contributed by atoms with Crippen molar-refractivity contribution in [2.75, 3.05) is 6.61 Å². The SMILES string of the molecule is CCCOC(=O)CC(C1=C(O)CC(C)(C)CC1=O)c1ccccc1[N+](=O)[O-]. The first-order valence-electron chi connectivity index (χ1n) is 9.00. The number of nitro benzene ring substituents is 1. The predicted octanol–water partition coefficient (Wildman–Crippen LogP) is 4.22. The molecule has 2 rings (SSSR count). The molecule has 1 unspecified atom stereocenters. The van der Waals surface area contributed by atoms with Gasteiger partial charge in [0.05, 0.1) is 18.0 Å². The van der Waals surface area contributed by atoms with E-state index >= 15 is 0 Å². The first-order valence-corrected chi connectivity index (χ1v) is 9.00. The van der Waals surface area contributed by atoms with Crippen molar-refractivity contribution in [3.05, 3.63) is 51.3 Å². The third-order valence-electron chi connectivity index (χ3n) is 4.59. The average molecular weight is 375 g/mol. The largest absolute Gasteiger partial charge is 0.512 e. The van der Waals surface area contributed by atoms with Gasteiger partial charge in [-0.05, 0) is 11.8 Å². The van der Waals surface area contributed by atoms with Crippen LogP contribution in [0.2, 0.25) is 0 Å². The lowest BCUT2D eigenvalue weighted by atomic mass is 9.71. The molecule has 0 aromatic heterocycles. The molecule has 1 aliphatic carbocycles. The van der Waals surface area contributed by atoms with E-state index < -0.39 is 22.2 Å². The van der Waals surface area contributed by atoms with Crippen LogP contribution < -0.4 is 0 Å². The van der Waals surface area contributed by atoms with Crippen molar-refractivity contribution in [1.82, 2.24) is 0 Å². The number of hydrogen-bond acceptors (Lipinski definition) is 6. The van der Waals surface area contributed by atoms with Gasteiger partial charge in [0.15, 0.2) is 5.78 Å². The second kappa shape index (κ2) is 8.33. The molecule has 1 aliphatic rings. The van der Waals surface area contributed by atoms with Crippen molar-refractivity contribution in [3.63, 3.8) is 0 Å². The Labute approximate surface area is 158 Å². The molecule has 0 fully saturated rings. The number of carbonyl (C=O) groups is 2. The van der Waals surface area contributed by atoms with Crippen LogP contribution in [0.1, 0.15) is 57.9 Å². The topological polar surface area (TPSA) is 107 Å². The summed E-state index contributed by atoms with van der Waals surface area (Å²) < 4.78 is 5.12. The van der Waals surface area contributed by atoms with E-state index in [9.17, 15) is 24.8 Å². The summed E-state index contributed by atoms with van der Waals surface area (Å²) in [6.45, 7) is 5.82. The van der Waals surface area contributed by atoms with E-state index in [1.807, 2.05) is 20.8 Å². The summed E-state index contributed by atoms with van der Waals surface area (Å²) in [5.74, 6) is -1.88. The maximum absolute atomic E-state index is 12.8. The van der Waals surface area contributed by atoms with Gasteiger partial charge in [0.1, 0.15) is 5.76 Å². The van der Waals surface area contributed by atoms with Crippen LogP contribution in [0.4, 0.5) is 5.69 Å². The zero-order valence-electron chi connectivity index (χ0n) is 15.9. The molecule has 146 valence electrons. The Morgan fingerprint density at radius 3 is 2.59 bits per heavy atom. The standard InChI is InChI=1S/C20H25NO6/c1-4-9-27-18(24)10-14(13-7-5-6-8-15(13)21(25)26)19-16(22)11-20(2,3)12-17(19)23/h5-8,14,22H,4,9-12H2,1-3H3. The van der Waals surface area contributed by atoms with Crippen molar-refractivity contribution in [3.8, 4) is 0 Å². The van der Waals surface area contributed by atoms with Crippen molar-refractivity contribution in [2.45, 2.75) is 52.4 Å². The third kappa shape index (κ3) is 4.93. The van der Waals surface area contributed by atoms with Gasteiger partial charge >= 0.3 is 5.97 Å². The van der Waals surface area contributed by atoms with Crippen LogP contribution >= 0.6 is 0 Å². The number of aliphatic hydroxyl groups is 1. The lowest BCUT2D eigenvalue weighted by Crippen LogP contribution is -2.29. The Morgan fingerprint density at radius 2 is 2.00 bits per heavy atom. The van der Waals surface area contributed by atoms with Gasteiger partial charge in [-0.15, -0.1) is 0 Å². The molecule has 0 saturated heterocycles. The molecule has 0 bridgehead atoms. The van der Waals surface area contributed by atoms with Crippen molar-refractivity contribution in [2.24, 2.45) is 5.41 Å². The van der Waals surface area contributed by atoms with E-state index in [1.165, 1.54) is 18.2 Å². The lowest BCUT2D eigenvalue weighted by Gasteiger charge is -2.32. The number of nitro groups is 1. The highest BCUT2D eigenvalue weighted by molar-refractivity contribution is 5.99. The molecule has 1 aromatic rings. The number of Topliss-reactive ketones (excluding diaryl/α,β-unsaturated/α-hetero) is 1. The lowest BCUT2D eigenvalue weighted by molar-refractivity contribution is -0.385. The Kier molecular flexibility index (Phi) is 6.36. The van der Waals surface area contributed by atoms with Gasteiger partial charge in [0.2, 0.25) is 0 Å². The molecule has 1 N–H and O–H groups in total. The van der Waals surface area contributed by atoms with Gasteiger partial charge in [-0.3, -0.25) is 19.7 Å². The maximum Gasteiger partial charge on any atom is 0.306 e. The van der Waals surface area contributed by atoms with E-state index in [-0.39, 0.29) is 54.2 Å². The fourth-order valence-corrected chi connectivity index (χ4v) is 3.45. The highest BCUT2D eigenvalue weighted by Crippen LogP contribution is 2.43. The minimum absolute atomic E-state index is 0.0806. The molecule has 0 heterocycles. The molecule has 0 spiro atoms. The molecule has 7 heteroatoms. The van der Waals surface area contributed by atoms with E-state index in [1.54, 1.807) is 6.07 Å². The highest BCUT2D eigenvalue weighted by Gasteiger charge is 2.39. The van der Waals surface area contributed by atoms with E-state index in [0.29, 0.717) is 6.42 Å². The van der Waals surface area contributed by atoms with Gasteiger partial charge in [0, 0.05) is 36.0 Å². The Morgan fingerprint density at radius 1 is 1.33 bits per heavy atom. The highest BCUT2D eigenvalue weighted by atomic mass is 16.6. The van der Waals surface area contributed by atoms with Crippen LogP contribution in [0.3, 0.4) is 0 Å². The molecule has 0 saturated carbocycles. The number of hydrogen-bond donors (Lipinski definition) is 1. The second-order valence-electron chi connectivity index (χ2n) is 7.59. The number of carbonyl (C=O) groups excluding carboxylic acids is 2. The fourth-order valence-electron chi connectivity index (χ4n) is 3.45. The van der Waals surface area contributed by atoms with Crippen molar-refractivity contribution >= 4 is 17.4 Å². The number of ketones is 1. The number of benzene rings is 1. The van der Waals surface area contributed by atoms with Gasteiger partial charge in [-0.25, -0.2) is 0 Å². The fraction of sp³-hybridized carbons (Fsp3) is 0.500. The van der Waals surface area contributed by atoms with Gasteiger partial charge in [-0.2, -0.15) is 0 Å². The summed E-state index contributed by atoms with van der Waals surface area (Å²) in [7, 11) is 0. The summed E-state index contributed by atoms with van der Waals surface area (Å²) in [5, 5.41) is 22.0. The molecule has 0 amide bonds. The minimum atomic E-state index is -0.917. The summed E-state index contributed by atoms with van der Waals surface area (Å²) in [6, 6.07) is 5.98. The molecule has 27 heavy (non-hydrogen) atoms. The number of nitrogens with zero attached hydrogens (tertiary/aromatic N) is 1. The Bertz CT molecular complexity index is 780. The van der Waals surface area contributed by atoms with Gasteiger partial charge < -0.3 is 9.84 Å². The van der Waals surface area contributed by atoms with E-state index in [4.69, 9.17) is 4.74 Å². The van der Waals surface area contributed by atoms with Gasteiger partial charge in [-0.1, -0.05) is 39.0 Å². The Hall–Kier alpha value is -2.70. The molecule has 7 nitrogen and oxygen atoms in total. The summed E-state index contributed by atoms with van der Waals surface area (Å²) in [6.07, 6.45) is 0.877. The quantitative estimate of drug-likeness (QED) is 0.434. The van der Waals surface area contributed by atoms with Crippen LogP contribution in [-0.4, -0.2) is 28.4 Å². The number of allylic oxidation sites excluding steroid dienone is 2. The molecule has 0 aliphatic heterocycles. The van der Waals surface area contributed by atoms with Crippen molar-refractivity contribution < 1.29 is 24.4 Å². The number of para-hydroxylation sites is 1. The zero-order chi connectivity index (χ0) is 20.2. The number of rotatable bonds is 7. The summed E-state index contributed by atoms with van der Waals surface area (Å²) in [4.78, 5) is 35.9. The maximum atomic E-state index is 12.8. The zero-order valence-corrected chi connectivity index (χ0v) is 15.9. The molecule has 1 aromatic carbocycles. The van der Waals surface area contributed by atoms with Crippen LogP contribution in [-0.2, 0) is 14.3 Å². The van der Waals surface area contributed by atoms with Crippen molar-refractivity contribution in [1.29, 1.82) is 0 Å². The second-order valence-corrected chi connectivity index (χ2v) is 7.59. The summed E-state index contributed by atoms with van der Waals surface area (Å²) >= 11 is 0. The van der Waals surface area contributed by atoms with Gasteiger partial charge in [0.25, 0.3) is 5.69 Å². The predicted molar refractivity (Wildman–Crippen MR) is 99.4 cm³/mol. The van der Waals surface area contributed by atoms with E-state index in [2.05, 4.69) is 0 Å². The molecular weight excluding hydrogens is 350 g/mol. The van der Waals surface area contributed by atoms with Crippen LogP contribution in [0, 0.1) is 15.5 Å². The summed E-state index contributed by atoms with van der Waals surface area (Å²) in [5.41, 5.74) is -0.285. The minimum Gasteiger partial charge on any atom is -0.512 e. The Balaban J connectivity index is 2.53. The monoisotopic (exact) mass is 375 g/mol. The normalized spacial score (nSPS) is 17.5. The molecule has 0 radical (unpaired) electrons. The first-order chi connectivity index (χ1) is 12.7. The van der Waals surface area contributed by atoms with Crippen LogP contribution in [0.25, 0.3) is 0 Å². The number of ether oxygens (including phenoxy) is 1.